The number of hydrogen-bond acceptors (Lipinski definition) is 4. The molecule has 4 atom stereocenters. The van der Waals surface area contributed by atoms with E-state index >= 15 is 0 Å². The van der Waals surface area contributed by atoms with Crippen LogP contribution < -0.4 is 0 Å². The molecule has 0 saturated heterocycles. The van der Waals surface area contributed by atoms with Crippen LogP contribution >= 0.6 is 0 Å². The first kappa shape index (κ1) is 18.6. The summed E-state index contributed by atoms with van der Waals surface area (Å²) < 4.78 is 1.86. The van der Waals surface area contributed by atoms with Crippen LogP contribution in [0.1, 0.15) is 67.3 Å². The van der Waals surface area contributed by atoms with E-state index in [9.17, 15) is 5.11 Å². The molecule has 0 amide bonds. The fourth-order valence-corrected chi connectivity index (χ4v) is 6.32. The highest BCUT2D eigenvalue weighted by atomic mass is 16.3. The Bertz CT molecular complexity index is 1000. The Morgan fingerprint density at radius 3 is 2.90 bits per heavy atom. The minimum atomic E-state index is 0.177. The lowest BCUT2D eigenvalue weighted by atomic mass is 9.55. The third-order valence-electron chi connectivity index (χ3n) is 8.10. The van der Waals surface area contributed by atoms with Crippen LogP contribution in [-0.2, 0) is 13.5 Å². The van der Waals surface area contributed by atoms with Gasteiger partial charge in [-0.1, -0.05) is 13.0 Å². The molecule has 2 fully saturated rings. The van der Waals surface area contributed by atoms with E-state index < -0.39 is 0 Å². The van der Waals surface area contributed by atoms with Crippen LogP contribution in [-0.4, -0.2) is 26.8 Å². The second-order valence-corrected chi connectivity index (χ2v) is 9.39. The second kappa shape index (κ2) is 6.82. The highest BCUT2D eigenvalue weighted by Gasteiger charge is 2.53. The molecule has 0 radical (unpaired) electrons. The molecule has 0 unspecified atom stereocenters. The van der Waals surface area contributed by atoms with Crippen LogP contribution in [0.15, 0.2) is 34.6 Å². The normalized spacial score (nSPS) is 32.4. The van der Waals surface area contributed by atoms with Crippen molar-refractivity contribution in [1.29, 1.82) is 0 Å². The Morgan fingerprint density at radius 1 is 1.24 bits per heavy atom. The van der Waals surface area contributed by atoms with E-state index in [0.717, 1.165) is 30.0 Å². The van der Waals surface area contributed by atoms with Gasteiger partial charge in [-0.3, -0.25) is 4.68 Å². The number of aryl methyl sites for hydroxylation is 2. The molecule has 152 valence electrons. The average molecular weight is 391 g/mol. The van der Waals surface area contributed by atoms with Crippen LogP contribution in [0.3, 0.4) is 0 Å². The molecule has 29 heavy (non-hydrogen) atoms. The van der Waals surface area contributed by atoms with Crippen molar-refractivity contribution >= 4 is 11.9 Å². The summed E-state index contributed by atoms with van der Waals surface area (Å²) in [5, 5.41) is 23.3. The molecular formula is C24H30N4O. The maximum absolute atomic E-state index is 9.86. The minimum absolute atomic E-state index is 0.177. The van der Waals surface area contributed by atoms with Crippen molar-refractivity contribution < 1.29 is 5.11 Å². The van der Waals surface area contributed by atoms with E-state index in [4.69, 9.17) is 5.10 Å². The zero-order valence-corrected chi connectivity index (χ0v) is 17.6. The van der Waals surface area contributed by atoms with Gasteiger partial charge in [0.25, 0.3) is 0 Å². The lowest BCUT2D eigenvalue weighted by Crippen LogP contribution is -2.42. The maximum Gasteiger partial charge on any atom is 0.115 e. The first-order valence-corrected chi connectivity index (χ1v) is 10.9. The van der Waals surface area contributed by atoms with Gasteiger partial charge in [0.15, 0.2) is 0 Å². The Kier molecular flexibility index (Phi) is 4.37. The van der Waals surface area contributed by atoms with Gasteiger partial charge >= 0.3 is 0 Å². The molecule has 1 aromatic heterocycles. The molecule has 1 aromatic carbocycles. The van der Waals surface area contributed by atoms with Gasteiger partial charge in [0, 0.05) is 29.4 Å². The van der Waals surface area contributed by atoms with Crippen molar-refractivity contribution in [1.82, 2.24) is 9.78 Å². The molecule has 0 bridgehead atoms. The number of rotatable bonds is 2. The van der Waals surface area contributed by atoms with E-state index in [-0.39, 0.29) is 5.41 Å². The highest BCUT2D eigenvalue weighted by Crippen LogP contribution is 2.60. The number of fused-ring (bicyclic) bond motifs is 5. The van der Waals surface area contributed by atoms with Crippen molar-refractivity contribution in [3.05, 3.63) is 46.8 Å². The van der Waals surface area contributed by atoms with Crippen molar-refractivity contribution in [2.24, 2.45) is 34.5 Å². The number of nitrogens with zero attached hydrogens (tertiary/aromatic N) is 4. The first-order chi connectivity index (χ1) is 14.0. The smallest absolute Gasteiger partial charge is 0.115 e. The van der Waals surface area contributed by atoms with E-state index in [1.807, 2.05) is 36.3 Å². The lowest BCUT2D eigenvalue weighted by Gasteiger charge is -2.49. The fraction of sp³-hybridized carbons (Fsp3) is 0.542. The Labute approximate surface area is 172 Å². The molecule has 1 heterocycles. The van der Waals surface area contributed by atoms with Crippen LogP contribution in [0.4, 0.5) is 0 Å². The number of phenolic OH excluding ortho intramolecular Hbond substituents is 1. The highest BCUT2D eigenvalue weighted by molar-refractivity contribution is 5.93. The largest absolute Gasteiger partial charge is 0.508 e. The minimum Gasteiger partial charge on any atom is -0.508 e. The van der Waals surface area contributed by atoms with Crippen LogP contribution in [0.25, 0.3) is 0 Å². The number of aromatic hydroxyl groups is 1. The first-order valence-electron chi connectivity index (χ1n) is 10.9. The predicted molar refractivity (Wildman–Crippen MR) is 116 cm³/mol. The standard InChI is InChI=1S/C24H30N4O/c1-15-17(14-26-28(15)3)13-25-27-23-9-8-22-21-6-4-16-12-18(29)5-7-19(16)20(21)10-11-24(22,23)2/h5,7,12-14,20-22,29H,4,6,8-11H2,1-3H3/t20-,21-,22-,24-/m1/s1. The molecule has 0 aliphatic heterocycles. The van der Waals surface area contributed by atoms with E-state index in [1.54, 1.807) is 0 Å². The summed E-state index contributed by atoms with van der Waals surface area (Å²) in [6, 6.07) is 6.02. The molecule has 0 spiro atoms. The van der Waals surface area contributed by atoms with Crippen LogP contribution in [0.5, 0.6) is 5.75 Å². The van der Waals surface area contributed by atoms with E-state index in [1.165, 1.54) is 42.5 Å². The topological polar surface area (TPSA) is 62.8 Å². The third-order valence-corrected chi connectivity index (χ3v) is 8.10. The quantitative estimate of drug-likeness (QED) is 0.593. The van der Waals surface area contributed by atoms with Crippen molar-refractivity contribution in [2.75, 3.05) is 0 Å². The average Bonchev–Trinajstić information content (AvgIpc) is 3.21. The Balaban J connectivity index is 1.39. The Morgan fingerprint density at radius 2 is 2.10 bits per heavy atom. The van der Waals surface area contributed by atoms with Gasteiger partial charge in [-0.25, -0.2) is 0 Å². The molecule has 3 aliphatic carbocycles. The van der Waals surface area contributed by atoms with Crippen molar-refractivity contribution in [2.45, 2.75) is 58.3 Å². The summed E-state index contributed by atoms with van der Waals surface area (Å²) >= 11 is 0. The fourth-order valence-electron chi connectivity index (χ4n) is 6.32. The van der Waals surface area contributed by atoms with Gasteiger partial charge in [0.2, 0.25) is 0 Å². The molecule has 3 aliphatic rings. The van der Waals surface area contributed by atoms with Gasteiger partial charge in [-0.2, -0.15) is 15.3 Å². The third kappa shape index (κ3) is 2.93. The summed E-state index contributed by atoms with van der Waals surface area (Å²) in [5.41, 5.74) is 6.45. The van der Waals surface area contributed by atoms with E-state index in [0.29, 0.717) is 17.6 Å². The summed E-state index contributed by atoms with van der Waals surface area (Å²) in [5.74, 6) is 2.46. The zero-order chi connectivity index (χ0) is 20.2. The summed E-state index contributed by atoms with van der Waals surface area (Å²) in [6.07, 6.45) is 10.7. The van der Waals surface area contributed by atoms with E-state index in [2.05, 4.69) is 30.1 Å². The van der Waals surface area contributed by atoms with Crippen LogP contribution in [0.2, 0.25) is 0 Å². The monoisotopic (exact) mass is 390 g/mol. The molecule has 5 nitrogen and oxygen atoms in total. The molecule has 2 aromatic rings. The SMILES string of the molecule is Cc1c(C=NN=C2CC[C@@H]3[C@@H]4CCc5cc(O)ccc5[C@H]4CC[C@@]23C)cnn1C. The molecule has 5 heteroatoms. The van der Waals surface area contributed by atoms with Gasteiger partial charge in [0.1, 0.15) is 5.75 Å². The van der Waals surface area contributed by atoms with Gasteiger partial charge < -0.3 is 5.11 Å². The second-order valence-electron chi connectivity index (χ2n) is 9.39. The number of benzene rings is 1. The van der Waals surface area contributed by atoms with Crippen molar-refractivity contribution in [3.63, 3.8) is 0 Å². The molecular weight excluding hydrogens is 360 g/mol. The summed E-state index contributed by atoms with van der Waals surface area (Å²) in [7, 11) is 1.95. The van der Waals surface area contributed by atoms with Gasteiger partial charge in [0.05, 0.1) is 12.4 Å². The zero-order valence-electron chi connectivity index (χ0n) is 17.6. The lowest BCUT2D eigenvalue weighted by molar-refractivity contribution is 0.0955. The Hall–Kier alpha value is -2.43. The summed E-state index contributed by atoms with van der Waals surface area (Å²) in [4.78, 5) is 0. The number of hydrogen-bond donors (Lipinski definition) is 1. The predicted octanol–water partition coefficient (Wildman–Crippen LogP) is 4.77. The van der Waals surface area contributed by atoms with Crippen molar-refractivity contribution in [3.8, 4) is 5.75 Å². The molecule has 2 saturated carbocycles. The van der Waals surface area contributed by atoms with Gasteiger partial charge in [-0.05, 0) is 86.5 Å². The molecule has 5 rings (SSSR count). The molecule has 1 N–H and O–H groups in total. The number of phenols is 1. The maximum atomic E-state index is 9.86. The summed E-state index contributed by atoms with van der Waals surface area (Å²) in [6.45, 7) is 4.48. The number of aromatic nitrogens is 2. The van der Waals surface area contributed by atoms with Gasteiger partial charge in [-0.15, -0.1) is 0 Å². The van der Waals surface area contributed by atoms with Crippen LogP contribution in [0, 0.1) is 24.2 Å².